The number of fused-ring (bicyclic) bond motifs is 1. The van der Waals surface area contributed by atoms with Gasteiger partial charge in [-0.3, -0.25) is 4.98 Å². The lowest BCUT2D eigenvalue weighted by Crippen LogP contribution is -2.44. The summed E-state index contributed by atoms with van der Waals surface area (Å²) in [5.41, 5.74) is 2.49. The predicted molar refractivity (Wildman–Crippen MR) is 70.3 cm³/mol. The first-order chi connectivity index (χ1) is 8.24. The second-order valence-electron chi connectivity index (χ2n) is 5.52. The Hall–Kier alpha value is -1.09. The van der Waals surface area contributed by atoms with E-state index in [2.05, 4.69) is 40.9 Å². The molecular formula is C14H21N3. The predicted octanol–water partition coefficient (Wildman–Crippen LogP) is 1.92. The van der Waals surface area contributed by atoms with Crippen molar-refractivity contribution in [1.29, 1.82) is 0 Å². The molecule has 2 aliphatic rings. The molecule has 2 saturated heterocycles. The van der Waals surface area contributed by atoms with Crippen molar-refractivity contribution in [2.24, 2.45) is 5.92 Å². The van der Waals surface area contributed by atoms with Crippen LogP contribution in [0.15, 0.2) is 18.3 Å². The Morgan fingerprint density at radius 1 is 1.29 bits per heavy atom. The van der Waals surface area contributed by atoms with Crippen molar-refractivity contribution >= 4 is 5.69 Å². The van der Waals surface area contributed by atoms with Crippen LogP contribution in [0.5, 0.6) is 0 Å². The van der Waals surface area contributed by atoms with Gasteiger partial charge in [0, 0.05) is 36.7 Å². The van der Waals surface area contributed by atoms with E-state index in [0.717, 1.165) is 17.7 Å². The lowest BCUT2D eigenvalue weighted by atomic mass is 9.93. The Balaban J connectivity index is 1.81. The van der Waals surface area contributed by atoms with Crippen LogP contribution in [0.3, 0.4) is 0 Å². The minimum Gasteiger partial charge on any atom is -0.368 e. The van der Waals surface area contributed by atoms with Crippen LogP contribution < -0.4 is 4.90 Å². The highest BCUT2D eigenvalue weighted by Crippen LogP contribution is 2.34. The number of anilines is 1. The molecule has 1 unspecified atom stereocenters. The van der Waals surface area contributed by atoms with E-state index in [1.54, 1.807) is 0 Å². The molecular weight excluding hydrogens is 210 g/mol. The van der Waals surface area contributed by atoms with Crippen molar-refractivity contribution in [3.05, 3.63) is 24.0 Å². The lowest BCUT2D eigenvalue weighted by molar-refractivity contribution is 0.202. The number of hydrogen-bond acceptors (Lipinski definition) is 3. The summed E-state index contributed by atoms with van der Waals surface area (Å²) in [5.74, 6) is 0.863. The van der Waals surface area contributed by atoms with Crippen LogP contribution >= 0.6 is 0 Å². The fourth-order valence-corrected chi connectivity index (χ4v) is 3.40. The Labute approximate surface area is 103 Å². The largest absolute Gasteiger partial charge is 0.368 e. The summed E-state index contributed by atoms with van der Waals surface area (Å²) in [5, 5.41) is 0. The van der Waals surface area contributed by atoms with Gasteiger partial charge in [0.25, 0.3) is 0 Å². The van der Waals surface area contributed by atoms with Crippen molar-refractivity contribution in [3.63, 3.8) is 0 Å². The van der Waals surface area contributed by atoms with Crippen LogP contribution in [0.4, 0.5) is 5.69 Å². The van der Waals surface area contributed by atoms with E-state index in [1.807, 2.05) is 6.20 Å². The molecule has 0 aliphatic carbocycles. The first-order valence-corrected chi connectivity index (χ1v) is 6.62. The zero-order valence-electron chi connectivity index (χ0n) is 10.8. The second-order valence-corrected chi connectivity index (χ2v) is 5.52. The fourth-order valence-electron chi connectivity index (χ4n) is 3.40. The second kappa shape index (κ2) is 4.30. The first-order valence-electron chi connectivity index (χ1n) is 6.62. The van der Waals surface area contributed by atoms with Gasteiger partial charge in [-0.15, -0.1) is 0 Å². The Kier molecular flexibility index (Phi) is 2.79. The normalized spacial score (nSPS) is 29.4. The number of pyridine rings is 1. The van der Waals surface area contributed by atoms with E-state index in [-0.39, 0.29) is 0 Å². The average Bonchev–Trinajstić information content (AvgIpc) is 2.71. The molecule has 0 radical (unpaired) electrons. The van der Waals surface area contributed by atoms with Gasteiger partial charge in [-0.1, -0.05) is 0 Å². The molecule has 2 aliphatic heterocycles. The van der Waals surface area contributed by atoms with Crippen molar-refractivity contribution in [3.8, 4) is 0 Å². The molecule has 1 aromatic rings. The minimum atomic E-state index is 0.757. The summed E-state index contributed by atoms with van der Waals surface area (Å²) >= 11 is 0. The minimum absolute atomic E-state index is 0.757. The van der Waals surface area contributed by atoms with E-state index in [1.165, 1.54) is 38.2 Å². The summed E-state index contributed by atoms with van der Waals surface area (Å²) < 4.78 is 0. The number of rotatable bonds is 1. The maximum absolute atomic E-state index is 4.29. The quantitative estimate of drug-likeness (QED) is 0.736. The van der Waals surface area contributed by atoms with Gasteiger partial charge in [0.05, 0.1) is 0 Å². The molecule has 3 rings (SSSR count). The van der Waals surface area contributed by atoms with Gasteiger partial charge in [0.1, 0.15) is 0 Å². The summed E-state index contributed by atoms with van der Waals surface area (Å²) in [6, 6.07) is 5.14. The van der Waals surface area contributed by atoms with E-state index >= 15 is 0 Å². The molecule has 3 heteroatoms. The third-order valence-electron chi connectivity index (χ3n) is 4.25. The summed E-state index contributed by atoms with van der Waals surface area (Å²) in [4.78, 5) is 9.37. The molecule has 92 valence electrons. The standard InChI is InChI=1S/C14H21N3/c1-11-9-13(3-6-15-11)17-8-4-12-10-16(2)7-5-14(12)17/h3,6,9,12,14H,4-5,7-8,10H2,1-2H3/t12-,14?/m1/s1. The molecule has 3 heterocycles. The van der Waals surface area contributed by atoms with Gasteiger partial charge < -0.3 is 9.80 Å². The van der Waals surface area contributed by atoms with Crippen LogP contribution in [0.25, 0.3) is 0 Å². The van der Waals surface area contributed by atoms with Crippen LogP contribution in [-0.4, -0.2) is 42.6 Å². The van der Waals surface area contributed by atoms with E-state index in [0.29, 0.717) is 0 Å². The molecule has 3 nitrogen and oxygen atoms in total. The molecule has 0 spiro atoms. The summed E-state index contributed by atoms with van der Waals surface area (Å²) in [7, 11) is 2.25. The number of hydrogen-bond donors (Lipinski definition) is 0. The van der Waals surface area contributed by atoms with Crippen molar-refractivity contribution in [1.82, 2.24) is 9.88 Å². The van der Waals surface area contributed by atoms with Gasteiger partial charge in [-0.2, -0.15) is 0 Å². The molecule has 0 aromatic carbocycles. The summed E-state index contributed by atoms with van der Waals surface area (Å²) in [6.45, 7) is 5.80. The number of likely N-dealkylation sites (tertiary alicyclic amines) is 1. The molecule has 0 N–H and O–H groups in total. The zero-order chi connectivity index (χ0) is 11.8. The monoisotopic (exact) mass is 231 g/mol. The molecule has 0 bridgehead atoms. The topological polar surface area (TPSA) is 19.4 Å². The van der Waals surface area contributed by atoms with Crippen molar-refractivity contribution in [2.45, 2.75) is 25.8 Å². The van der Waals surface area contributed by atoms with Crippen LogP contribution in [0, 0.1) is 12.8 Å². The van der Waals surface area contributed by atoms with Crippen LogP contribution in [-0.2, 0) is 0 Å². The van der Waals surface area contributed by atoms with Crippen LogP contribution in [0.1, 0.15) is 18.5 Å². The zero-order valence-corrected chi connectivity index (χ0v) is 10.8. The average molecular weight is 231 g/mol. The van der Waals surface area contributed by atoms with Gasteiger partial charge in [-0.05, 0) is 51.4 Å². The van der Waals surface area contributed by atoms with Crippen LogP contribution in [0.2, 0.25) is 0 Å². The third-order valence-corrected chi connectivity index (χ3v) is 4.25. The lowest BCUT2D eigenvalue weighted by Gasteiger charge is -2.37. The van der Waals surface area contributed by atoms with Gasteiger partial charge >= 0.3 is 0 Å². The van der Waals surface area contributed by atoms with E-state index < -0.39 is 0 Å². The van der Waals surface area contributed by atoms with Gasteiger partial charge in [0.15, 0.2) is 0 Å². The molecule has 0 saturated carbocycles. The Bertz CT molecular complexity index is 404. The first kappa shape index (κ1) is 11.0. The Morgan fingerprint density at radius 3 is 3.00 bits per heavy atom. The SMILES string of the molecule is Cc1cc(N2CC[C@@H]3CN(C)CCC32)ccn1. The number of piperidine rings is 1. The molecule has 2 atom stereocenters. The highest BCUT2D eigenvalue weighted by atomic mass is 15.2. The molecule has 2 fully saturated rings. The molecule has 17 heavy (non-hydrogen) atoms. The number of nitrogens with zero attached hydrogens (tertiary/aromatic N) is 3. The highest BCUT2D eigenvalue weighted by molar-refractivity contribution is 5.49. The smallest absolute Gasteiger partial charge is 0.0402 e. The van der Waals surface area contributed by atoms with Crippen molar-refractivity contribution < 1.29 is 0 Å². The molecule has 0 amide bonds. The Morgan fingerprint density at radius 2 is 2.18 bits per heavy atom. The number of aryl methyl sites for hydroxylation is 1. The number of aromatic nitrogens is 1. The maximum Gasteiger partial charge on any atom is 0.0402 e. The van der Waals surface area contributed by atoms with Crippen molar-refractivity contribution in [2.75, 3.05) is 31.6 Å². The fraction of sp³-hybridized carbons (Fsp3) is 0.643. The third kappa shape index (κ3) is 2.04. The van der Waals surface area contributed by atoms with E-state index in [4.69, 9.17) is 0 Å². The van der Waals surface area contributed by atoms with Gasteiger partial charge in [-0.25, -0.2) is 0 Å². The summed E-state index contributed by atoms with van der Waals surface area (Å²) in [6.07, 6.45) is 4.59. The maximum atomic E-state index is 4.29. The molecule has 1 aromatic heterocycles. The van der Waals surface area contributed by atoms with E-state index in [9.17, 15) is 0 Å². The van der Waals surface area contributed by atoms with Gasteiger partial charge in [0.2, 0.25) is 0 Å². The highest BCUT2D eigenvalue weighted by Gasteiger charge is 2.37.